The molecule has 3 nitrogen and oxygen atoms in total. The highest BCUT2D eigenvalue weighted by Gasteiger charge is 2.66. The van der Waals surface area contributed by atoms with Gasteiger partial charge in [-0.05, 0) is 30.4 Å². The van der Waals surface area contributed by atoms with Crippen LogP contribution in [0, 0.1) is 23.7 Å². The summed E-state index contributed by atoms with van der Waals surface area (Å²) in [6.45, 7) is 0. The molecule has 2 saturated carbocycles. The van der Waals surface area contributed by atoms with E-state index in [9.17, 15) is 9.59 Å². The van der Waals surface area contributed by atoms with Gasteiger partial charge < -0.3 is 4.74 Å². The molecule has 0 unspecified atom stereocenters. The van der Waals surface area contributed by atoms with Crippen molar-refractivity contribution >= 4 is 35.3 Å². The molecule has 0 aromatic heterocycles. The summed E-state index contributed by atoms with van der Waals surface area (Å²) in [4.78, 5) is 24.8. The molecule has 1 saturated heterocycles. The van der Waals surface area contributed by atoms with E-state index in [2.05, 4.69) is 12.1 Å². The number of esters is 2. The van der Waals surface area contributed by atoms with E-state index in [0.717, 1.165) is 11.3 Å². The van der Waals surface area contributed by atoms with Gasteiger partial charge >= 0.3 is 11.9 Å². The quantitative estimate of drug-likeness (QED) is 0.479. The Balaban J connectivity index is 1.62. The molecule has 6 atom stereocenters. The minimum absolute atomic E-state index is 0.0649. The highest BCUT2D eigenvalue weighted by Crippen LogP contribution is 2.60. The van der Waals surface area contributed by atoms with Crippen LogP contribution in [-0.4, -0.2) is 22.6 Å². The van der Waals surface area contributed by atoms with Crippen LogP contribution in [0.25, 0.3) is 0 Å². The predicted octanol–water partition coefficient (Wildman–Crippen LogP) is 2.72. The summed E-state index contributed by atoms with van der Waals surface area (Å²) >= 11 is 8.29. The van der Waals surface area contributed by atoms with Crippen LogP contribution in [0.5, 0.6) is 0 Å². The molecule has 1 aliphatic heterocycles. The Kier molecular flexibility index (Phi) is 2.86. The lowest BCUT2D eigenvalue weighted by Crippen LogP contribution is -2.39. The van der Waals surface area contributed by atoms with Crippen LogP contribution < -0.4 is 0 Å². The Morgan fingerprint density at radius 1 is 1.05 bits per heavy atom. The second-order valence-corrected chi connectivity index (χ2v) is 7.45. The van der Waals surface area contributed by atoms with Crippen molar-refractivity contribution in [2.45, 2.75) is 21.9 Å². The SMILES string of the molecule is O=C1OC(=O)[C@@H]2[C@H]3C[C@@H]([C@H](Cl)[C@H]3Sc3ccccc3)[C@@H]12. The Morgan fingerprint density at radius 2 is 1.70 bits per heavy atom. The second-order valence-electron chi connectivity index (χ2n) is 5.70. The van der Waals surface area contributed by atoms with Crippen molar-refractivity contribution in [2.75, 3.05) is 0 Å². The van der Waals surface area contributed by atoms with E-state index in [4.69, 9.17) is 16.3 Å². The maximum atomic E-state index is 11.9. The summed E-state index contributed by atoms with van der Waals surface area (Å²) in [6.07, 6.45) is 0.870. The average molecular weight is 309 g/mol. The second kappa shape index (κ2) is 4.50. The summed E-state index contributed by atoms with van der Waals surface area (Å²) in [7, 11) is 0. The smallest absolute Gasteiger partial charge is 0.317 e. The number of ether oxygens (including phenoxy) is 1. The first-order valence-corrected chi connectivity index (χ1v) is 8.10. The van der Waals surface area contributed by atoms with E-state index in [0.29, 0.717) is 0 Å². The maximum absolute atomic E-state index is 11.9. The standard InChI is InChI=1S/C15H13ClO3S/c16-12-8-6-9(11-10(8)14(17)19-15(11)18)13(12)20-7-4-2-1-3-5-7/h1-5,8-13H,6H2/t8-,9-,10-,11-,12+,13+/m1/s1. The van der Waals surface area contributed by atoms with Gasteiger partial charge in [0.05, 0.1) is 11.8 Å². The van der Waals surface area contributed by atoms with E-state index >= 15 is 0 Å². The van der Waals surface area contributed by atoms with Gasteiger partial charge in [0, 0.05) is 15.5 Å². The molecule has 2 aliphatic carbocycles. The van der Waals surface area contributed by atoms with Gasteiger partial charge in [-0.2, -0.15) is 0 Å². The van der Waals surface area contributed by atoms with Crippen molar-refractivity contribution in [3.63, 3.8) is 0 Å². The number of hydrogen-bond donors (Lipinski definition) is 0. The van der Waals surface area contributed by atoms with Crippen LogP contribution in [0.2, 0.25) is 0 Å². The molecule has 104 valence electrons. The van der Waals surface area contributed by atoms with Crippen LogP contribution in [0.4, 0.5) is 0 Å². The van der Waals surface area contributed by atoms with Crippen LogP contribution in [0.3, 0.4) is 0 Å². The van der Waals surface area contributed by atoms with Crippen LogP contribution in [-0.2, 0) is 14.3 Å². The summed E-state index contributed by atoms with van der Waals surface area (Å²) in [6, 6.07) is 10.1. The lowest BCUT2D eigenvalue weighted by atomic mass is 9.80. The van der Waals surface area contributed by atoms with Gasteiger partial charge in [0.2, 0.25) is 0 Å². The third kappa shape index (κ3) is 1.67. The summed E-state index contributed by atoms with van der Waals surface area (Å²) in [5.41, 5.74) is 0. The fourth-order valence-electron chi connectivity index (χ4n) is 3.97. The zero-order valence-electron chi connectivity index (χ0n) is 10.6. The number of rotatable bonds is 2. The number of thioether (sulfide) groups is 1. The molecule has 5 heteroatoms. The number of cyclic esters (lactones) is 2. The molecule has 4 rings (SSSR count). The van der Waals surface area contributed by atoms with E-state index in [1.165, 1.54) is 0 Å². The number of alkyl halides is 1. The fourth-order valence-corrected chi connectivity index (χ4v) is 5.99. The topological polar surface area (TPSA) is 43.4 Å². The molecule has 3 fully saturated rings. The number of hydrogen-bond acceptors (Lipinski definition) is 4. The van der Waals surface area contributed by atoms with Gasteiger partial charge in [0.15, 0.2) is 0 Å². The number of benzene rings is 1. The van der Waals surface area contributed by atoms with E-state index in [1.54, 1.807) is 11.8 Å². The largest absolute Gasteiger partial charge is 0.393 e. The minimum atomic E-state index is -0.360. The number of carbonyl (C=O) groups excluding carboxylic acids is 2. The molecule has 20 heavy (non-hydrogen) atoms. The number of fused-ring (bicyclic) bond motifs is 5. The van der Waals surface area contributed by atoms with Crippen LogP contribution >= 0.6 is 23.4 Å². The highest BCUT2D eigenvalue weighted by atomic mass is 35.5. The molecule has 3 aliphatic rings. The Labute approximate surface area is 126 Å². The molecule has 1 heterocycles. The summed E-state index contributed by atoms with van der Waals surface area (Å²) < 4.78 is 4.81. The number of carbonyl (C=O) groups is 2. The zero-order valence-corrected chi connectivity index (χ0v) is 12.1. The first-order valence-electron chi connectivity index (χ1n) is 6.78. The number of halogens is 1. The lowest BCUT2D eigenvalue weighted by molar-refractivity contribution is -0.154. The Morgan fingerprint density at radius 3 is 2.40 bits per heavy atom. The molecule has 0 radical (unpaired) electrons. The molecular weight excluding hydrogens is 296 g/mol. The Bertz CT molecular complexity index is 576. The molecule has 0 amide bonds. The zero-order chi connectivity index (χ0) is 13.9. The summed E-state index contributed by atoms with van der Waals surface area (Å²) in [5.74, 6) is -0.995. The van der Waals surface area contributed by atoms with Crippen LogP contribution in [0.1, 0.15) is 6.42 Å². The molecule has 1 aromatic carbocycles. The first-order chi connectivity index (χ1) is 9.66. The molecule has 0 spiro atoms. The predicted molar refractivity (Wildman–Crippen MR) is 75.4 cm³/mol. The normalized spacial score (nSPS) is 41.9. The third-order valence-electron chi connectivity index (χ3n) is 4.76. The van der Waals surface area contributed by atoms with Crippen molar-refractivity contribution < 1.29 is 14.3 Å². The molecular formula is C15H13ClO3S. The van der Waals surface area contributed by atoms with Gasteiger partial charge in [-0.25, -0.2) is 0 Å². The van der Waals surface area contributed by atoms with Crippen LogP contribution in [0.15, 0.2) is 35.2 Å². The van der Waals surface area contributed by atoms with Crippen molar-refractivity contribution in [3.8, 4) is 0 Å². The third-order valence-corrected chi connectivity index (χ3v) is 6.96. The Hall–Kier alpha value is -1.00. The highest BCUT2D eigenvalue weighted by molar-refractivity contribution is 8.00. The average Bonchev–Trinajstić information content (AvgIpc) is 3.05. The van der Waals surface area contributed by atoms with Gasteiger partial charge in [-0.15, -0.1) is 23.4 Å². The van der Waals surface area contributed by atoms with Crippen molar-refractivity contribution in [3.05, 3.63) is 30.3 Å². The van der Waals surface area contributed by atoms with E-state index in [1.807, 2.05) is 18.2 Å². The van der Waals surface area contributed by atoms with E-state index in [-0.39, 0.29) is 46.2 Å². The maximum Gasteiger partial charge on any atom is 0.317 e. The first kappa shape index (κ1) is 12.7. The van der Waals surface area contributed by atoms with Crippen molar-refractivity contribution in [2.24, 2.45) is 23.7 Å². The van der Waals surface area contributed by atoms with Crippen molar-refractivity contribution in [1.82, 2.24) is 0 Å². The molecule has 2 bridgehead atoms. The lowest BCUT2D eigenvalue weighted by Gasteiger charge is -2.31. The van der Waals surface area contributed by atoms with Crippen molar-refractivity contribution in [1.29, 1.82) is 0 Å². The van der Waals surface area contributed by atoms with Gasteiger partial charge in [-0.1, -0.05) is 18.2 Å². The summed E-state index contributed by atoms with van der Waals surface area (Å²) in [5, 5.41) is 0.119. The fraction of sp³-hybridized carbons (Fsp3) is 0.467. The van der Waals surface area contributed by atoms with Gasteiger partial charge in [0.25, 0.3) is 0 Å². The van der Waals surface area contributed by atoms with Gasteiger partial charge in [0.1, 0.15) is 0 Å². The molecule has 1 aromatic rings. The van der Waals surface area contributed by atoms with E-state index < -0.39 is 0 Å². The van der Waals surface area contributed by atoms with Gasteiger partial charge in [-0.3, -0.25) is 9.59 Å². The molecule has 0 N–H and O–H groups in total. The monoisotopic (exact) mass is 308 g/mol. The minimum Gasteiger partial charge on any atom is -0.393 e.